The largest absolute Gasteiger partial charge is 0.485 e. The highest BCUT2D eigenvalue weighted by Crippen LogP contribution is 2.43. The molecule has 1 aliphatic heterocycles. The minimum absolute atomic E-state index is 0.106. The van der Waals surface area contributed by atoms with Crippen LogP contribution >= 0.6 is 0 Å². The Balaban J connectivity index is 2.57. The summed E-state index contributed by atoms with van der Waals surface area (Å²) in [6, 6.07) is 3.44. The topological polar surface area (TPSA) is 121 Å². The van der Waals surface area contributed by atoms with Crippen LogP contribution in [0, 0.1) is 21.6 Å². The normalized spacial score (nSPS) is 22.5. The van der Waals surface area contributed by atoms with E-state index in [9.17, 15) is 15.2 Å². The Kier molecular flexibility index (Phi) is 4.52. The molecule has 2 N–H and O–H groups in total. The average Bonchev–Trinajstić information content (AvgIpc) is 2.50. The van der Waals surface area contributed by atoms with Crippen LogP contribution in [0.5, 0.6) is 5.75 Å². The van der Waals surface area contributed by atoms with Gasteiger partial charge in [-0.3, -0.25) is 20.4 Å². The Labute approximate surface area is 133 Å². The molecule has 0 amide bonds. The molecule has 0 radical (unpaired) electrons. The first-order valence-electron chi connectivity index (χ1n) is 7.17. The van der Waals surface area contributed by atoms with Crippen molar-refractivity contribution in [1.29, 1.82) is 5.26 Å². The highest BCUT2D eigenvalue weighted by atomic mass is 16.6. The van der Waals surface area contributed by atoms with Crippen molar-refractivity contribution in [3.8, 4) is 11.9 Å². The van der Waals surface area contributed by atoms with Crippen LogP contribution < -0.4 is 10.1 Å². The van der Waals surface area contributed by atoms with Crippen molar-refractivity contribution in [2.75, 3.05) is 0 Å². The third kappa shape index (κ3) is 3.24. The number of ether oxygens (including phenoxy) is 1. The zero-order chi connectivity index (χ0) is 17.2. The molecule has 1 aromatic rings. The van der Waals surface area contributed by atoms with Crippen LogP contribution in [0.25, 0.3) is 0 Å². The molecule has 1 heterocycles. The SMILES string of the molecule is CCC(=N[C@@H]1c2cc([N+](=O)[O-])ccc2OC(C)(C)[C@H]1O)NC#N. The summed E-state index contributed by atoms with van der Waals surface area (Å²) in [5, 5.41) is 32.8. The van der Waals surface area contributed by atoms with Crippen molar-refractivity contribution in [3.63, 3.8) is 0 Å². The van der Waals surface area contributed by atoms with Crippen molar-refractivity contribution in [2.45, 2.75) is 44.9 Å². The summed E-state index contributed by atoms with van der Waals surface area (Å²) in [5.74, 6) is 0.832. The summed E-state index contributed by atoms with van der Waals surface area (Å²) in [6.45, 7) is 5.25. The molecule has 0 unspecified atom stereocenters. The summed E-state index contributed by atoms with van der Waals surface area (Å²) in [6.07, 6.45) is 1.24. The van der Waals surface area contributed by atoms with Gasteiger partial charge in [0.1, 0.15) is 29.3 Å². The number of hydrogen-bond acceptors (Lipinski definition) is 6. The van der Waals surface area contributed by atoms with Gasteiger partial charge in [-0.05, 0) is 19.9 Å². The number of rotatable bonds is 3. The summed E-state index contributed by atoms with van der Waals surface area (Å²) < 4.78 is 5.74. The van der Waals surface area contributed by atoms with Crippen molar-refractivity contribution in [1.82, 2.24) is 5.32 Å². The fourth-order valence-corrected chi connectivity index (χ4v) is 2.45. The van der Waals surface area contributed by atoms with Gasteiger partial charge in [0.15, 0.2) is 6.19 Å². The first kappa shape index (κ1) is 16.7. The Bertz CT molecular complexity index is 693. The third-order valence-electron chi connectivity index (χ3n) is 3.74. The molecular formula is C15H18N4O4. The smallest absolute Gasteiger partial charge is 0.270 e. The maximum absolute atomic E-state index is 11.0. The standard InChI is InChI=1S/C15H18N4O4/c1-4-12(17-8-16)18-13-10-7-9(19(21)22)5-6-11(10)23-15(2,3)14(13)20/h5-7,13-14,20H,4H2,1-3H3,(H,17,18)/t13-,14+/m1/s1. The molecule has 1 aliphatic rings. The van der Waals surface area contributed by atoms with Gasteiger partial charge >= 0.3 is 0 Å². The van der Waals surface area contributed by atoms with Gasteiger partial charge in [-0.15, -0.1) is 0 Å². The van der Waals surface area contributed by atoms with Gasteiger partial charge in [0.05, 0.1) is 4.92 Å². The van der Waals surface area contributed by atoms with Gasteiger partial charge in [-0.1, -0.05) is 6.92 Å². The third-order valence-corrected chi connectivity index (χ3v) is 3.74. The molecule has 0 aliphatic carbocycles. The molecule has 122 valence electrons. The summed E-state index contributed by atoms with van der Waals surface area (Å²) >= 11 is 0. The van der Waals surface area contributed by atoms with E-state index < -0.39 is 22.7 Å². The van der Waals surface area contributed by atoms with Gasteiger partial charge in [0, 0.05) is 24.1 Å². The first-order valence-corrected chi connectivity index (χ1v) is 7.17. The Morgan fingerprint density at radius 3 is 2.87 bits per heavy atom. The monoisotopic (exact) mass is 318 g/mol. The van der Waals surface area contributed by atoms with E-state index in [4.69, 9.17) is 10.00 Å². The maximum atomic E-state index is 11.0. The summed E-state index contributed by atoms with van der Waals surface area (Å²) in [7, 11) is 0. The van der Waals surface area contributed by atoms with Crippen molar-refractivity contribution in [3.05, 3.63) is 33.9 Å². The minimum atomic E-state index is -1.01. The average molecular weight is 318 g/mol. The number of aliphatic imine (C=N–C) groups is 1. The number of nitriles is 1. The van der Waals surface area contributed by atoms with E-state index in [0.29, 0.717) is 23.6 Å². The van der Waals surface area contributed by atoms with Crippen LogP contribution in [0.4, 0.5) is 5.69 Å². The molecule has 0 spiro atoms. The van der Waals surface area contributed by atoms with E-state index in [1.54, 1.807) is 20.0 Å². The molecule has 0 saturated carbocycles. The second-order valence-electron chi connectivity index (χ2n) is 5.74. The molecular weight excluding hydrogens is 300 g/mol. The van der Waals surface area contributed by atoms with Crippen molar-refractivity contribution < 1.29 is 14.8 Å². The lowest BCUT2D eigenvalue weighted by atomic mass is 9.86. The minimum Gasteiger partial charge on any atom is -0.485 e. The molecule has 1 aromatic carbocycles. The molecule has 23 heavy (non-hydrogen) atoms. The number of nitro benzene ring substituents is 1. The molecule has 0 fully saturated rings. The molecule has 2 atom stereocenters. The molecule has 2 rings (SSSR count). The summed E-state index contributed by atoms with van der Waals surface area (Å²) in [5.41, 5.74) is -0.592. The second kappa shape index (κ2) is 6.22. The van der Waals surface area contributed by atoms with Crippen LogP contribution in [0.1, 0.15) is 38.8 Å². The summed E-state index contributed by atoms with van der Waals surface area (Å²) in [4.78, 5) is 14.9. The maximum Gasteiger partial charge on any atom is 0.270 e. The van der Waals surface area contributed by atoms with E-state index in [1.165, 1.54) is 18.2 Å². The van der Waals surface area contributed by atoms with Gasteiger partial charge < -0.3 is 9.84 Å². The van der Waals surface area contributed by atoms with Gasteiger partial charge in [-0.2, -0.15) is 5.26 Å². The molecule has 0 saturated heterocycles. The van der Waals surface area contributed by atoms with E-state index in [1.807, 2.05) is 6.92 Å². The number of fused-ring (bicyclic) bond motifs is 1. The number of benzene rings is 1. The molecule has 0 aromatic heterocycles. The zero-order valence-corrected chi connectivity index (χ0v) is 13.1. The Morgan fingerprint density at radius 2 is 2.30 bits per heavy atom. The van der Waals surface area contributed by atoms with Crippen molar-refractivity contribution >= 4 is 11.5 Å². The van der Waals surface area contributed by atoms with Gasteiger partial charge in [-0.25, -0.2) is 0 Å². The molecule has 0 bridgehead atoms. The van der Waals surface area contributed by atoms with Crippen LogP contribution in [0.3, 0.4) is 0 Å². The van der Waals surface area contributed by atoms with Crippen LogP contribution in [-0.2, 0) is 0 Å². The van der Waals surface area contributed by atoms with E-state index >= 15 is 0 Å². The fourth-order valence-electron chi connectivity index (χ4n) is 2.45. The zero-order valence-electron chi connectivity index (χ0n) is 13.1. The van der Waals surface area contributed by atoms with Crippen LogP contribution in [0.2, 0.25) is 0 Å². The number of hydrogen-bond donors (Lipinski definition) is 2. The van der Waals surface area contributed by atoms with Crippen LogP contribution in [0.15, 0.2) is 23.2 Å². The number of nitrogens with zero attached hydrogens (tertiary/aromatic N) is 3. The molecule has 8 heteroatoms. The number of nitrogens with one attached hydrogen (secondary N) is 1. The number of aliphatic hydroxyl groups is 1. The highest BCUT2D eigenvalue weighted by molar-refractivity contribution is 5.83. The first-order chi connectivity index (χ1) is 10.8. The van der Waals surface area contributed by atoms with E-state index in [0.717, 1.165) is 0 Å². The fraction of sp³-hybridized carbons (Fsp3) is 0.467. The number of aliphatic hydroxyl groups excluding tert-OH is 1. The second-order valence-corrected chi connectivity index (χ2v) is 5.74. The van der Waals surface area contributed by atoms with Gasteiger partial charge in [0.25, 0.3) is 5.69 Å². The van der Waals surface area contributed by atoms with Gasteiger partial charge in [0.2, 0.25) is 0 Å². The predicted molar refractivity (Wildman–Crippen MR) is 83.0 cm³/mol. The highest BCUT2D eigenvalue weighted by Gasteiger charge is 2.43. The predicted octanol–water partition coefficient (Wildman–Crippen LogP) is 2.05. The van der Waals surface area contributed by atoms with Crippen LogP contribution in [-0.4, -0.2) is 27.6 Å². The Morgan fingerprint density at radius 1 is 1.61 bits per heavy atom. The lowest BCUT2D eigenvalue weighted by molar-refractivity contribution is -0.385. The van der Waals surface area contributed by atoms with E-state index in [2.05, 4.69) is 10.3 Å². The number of nitro groups is 1. The van der Waals surface area contributed by atoms with Crippen molar-refractivity contribution in [2.24, 2.45) is 4.99 Å². The quantitative estimate of drug-likeness (QED) is 0.220. The number of amidine groups is 1. The number of non-ortho nitro benzene ring substituents is 1. The lowest BCUT2D eigenvalue weighted by Gasteiger charge is -2.40. The molecule has 8 nitrogen and oxygen atoms in total. The van der Waals surface area contributed by atoms with E-state index in [-0.39, 0.29) is 5.69 Å². The lowest BCUT2D eigenvalue weighted by Crippen LogP contribution is -2.48. The Hall–Kier alpha value is -2.66.